The number of imidazole rings is 1. The number of aromatic nitrogens is 2. The van der Waals surface area contributed by atoms with Crippen molar-refractivity contribution in [2.75, 3.05) is 0 Å². The molecule has 4 nitrogen and oxygen atoms in total. The molecule has 0 spiro atoms. The summed E-state index contributed by atoms with van der Waals surface area (Å²) in [5.74, 6) is -0.764. The lowest BCUT2D eigenvalue weighted by Crippen LogP contribution is -2.06. The van der Waals surface area contributed by atoms with Crippen molar-refractivity contribution in [2.24, 2.45) is 0 Å². The van der Waals surface area contributed by atoms with E-state index in [1.54, 1.807) is 12.4 Å². The van der Waals surface area contributed by atoms with E-state index in [-0.39, 0.29) is 5.56 Å². The molecule has 1 aromatic carbocycles. The van der Waals surface area contributed by atoms with Crippen molar-refractivity contribution < 1.29 is 14.3 Å². The van der Waals surface area contributed by atoms with Crippen LogP contribution in [0.4, 0.5) is 4.39 Å². The zero-order chi connectivity index (χ0) is 13.1. The fourth-order valence-corrected chi connectivity index (χ4v) is 1.79. The quantitative estimate of drug-likeness (QED) is 0.903. The molecule has 1 heterocycles. The van der Waals surface area contributed by atoms with Crippen LogP contribution >= 0.6 is 0 Å². The van der Waals surface area contributed by atoms with Gasteiger partial charge in [-0.1, -0.05) is 13.0 Å². The number of rotatable bonds is 4. The first-order valence-corrected chi connectivity index (χ1v) is 5.63. The molecule has 0 fully saturated rings. The molecule has 0 saturated carbocycles. The summed E-state index contributed by atoms with van der Waals surface area (Å²) in [4.78, 5) is 14.9. The van der Waals surface area contributed by atoms with Gasteiger partial charge in [0.2, 0.25) is 0 Å². The highest BCUT2D eigenvalue weighted by molar-refractivity contribution is 5.87. The van der Waals surface area contributed by atoms with Gasteiger partial charge in [-0.25, -0.2) is 14.2 Å². The minimum absolute atomic E-state index is 0.0439. The van der Waals surface area contributed by atoms with Crippen LogP contribution in [0.25, 0.3) is 0 Å². The second kappa shape index (κ2) is 5.00. The largest absolute Gasteiger partial charge is 0.478 e. The molecule has 0 bridgehead atoms. The Bertz CT molecular complexity index is 578. The molecule has 94 valence electrons. The molecule has 0 radical (unpaired) electrons. The second-order valence-electron chi connectivity index (χ2n) is 3.94. The van der Waals surface area contributed by atoms with E-state index in [0.717, 1.165) is 18.3 Å². The summed E-state index contributed by atoms with van der Waals surface area (Å²) in [5, 5.41) is 8.76. The summed E-state index contributed by atoms with van der Waals surface area (Å²) in [7, 11) is 0. The van der Waals surface area contributed by atoms with E-state index in [2.05, 4.69) is 4.98 Å². The summed E-state index contributed by atoms with van der Waals surface area (Å²) in [6, 6.07) is 3.95. The number of aryl methyl sites for hydroxylation is 1. The SMILES string of the molecule is CCc1nccn1Cc1ccc(C(=O)O)cc1F. The molecule has 0 unspecified atom stereocenters. The zero-order valence-corrected chi connectivity index (χ0v) is 9.93. The molecular weight excluding hydrogens is 235 g/mol. The minimum Gasteiger partial charge on any atom is -0.478 e. The van der Waals surface area contributed by atoms with E-state index >= 15 is 0 Å². The van der Waals surface area contributed by atoms with Crippen molar-refractivity contribution in [3.05, 3.63) is 53.4 Å². The Balaban J connectivity index is 2.27. The van der Waals surface area contributed by atoms with Crippen LogP contribution in [0.1, 0.15) is 28.7 Å². The van der Waals surface area contributed by atoms with E-state index in [9.17, 15) is 9.18 Å². The normalized spacial score (nSPS) is 10.6. The van der Waals surface area contributed by atoms with Crippen LogP contribution in [0.3, 0.4) is 0 Å². The molecule has 1 N–H and O–H groups in total. The fourth-order valence-electron chi connectivity index (χ4n) is 1.79. The summed E-state index contributed by atoms with van der Waals surface area (Å²) in [6.07, 6.45) is 4.22. The van der Waals surface area contributed by atoms with Crippen LogP contribution in [0.5, 0.6) is 0 Å². The Hall–Kier alpha value is -2.17. The van der Waals surface area contributed by atoms with Gasteiger partial charge < -0.3 is 9.67 Å². The van der Waals surface area contributed by atoms with Crippen molar-refractivity contribution in [3.63, 3.8) is 0 Å². The number of carboxylic acid groups (broad SMARTS) is 1. The minimum atomic E-state index is -1.13. The van der Waals surface area contributed by atoms with E-state index < -0.39 is 11.8 Å². The van der Waals surface area contributed by atoms with E-state index in [1.807, 2.05) is 11.5 Å². The van der Waals surface area contributed by atoms with Crippen LogP contribution in [-0.2, 0) is 13.0 Å². The third-order valence-electron chi connectivity index (χ3n) is 2.76. The second-order valence-corrected chi connectivity index (χ2v) is 3.94. The average Bonchev–Trinajstić information content (AvgIpc) is 2.78. The number of hydrogen-bond acceptors (Lipinski definition) is 2. The summed E-state index contributed by atoms with van der Waals surface area (Å²) >= 11 is 0. The van der Waals surface area contributed by atoms with E-state index in [4.69, 9.17) is 5.11 Å². The van der Waals surface area contributed by atoms with Gasteiger partial charge in [0.05, 0.1) is 12.1 Å². The molecule has 0 aliphatic carbocycles. The van der Waals surface area contributed by atoms with Crippen LogP contribution in [0.2, 0.25) is 0 Å². The third-order valence-corrected chi connectivity index (χ3v) is 2.76. The van der Waals surface area contributed by atoms with Crippen molar-refractivity contribution in [2.45, 2.75) is 19.9 Å². The fraction of sp³-hybridized carbons (Fsp3) is 0.231. The Kier molecular flexibility index (Phi) is 3.41. The Morgan fingerprint density at radius 2 is 2.28 bits per heavy atom. The molecule has 0 atom stereocenters. The van der Waals surface area contributed by atoms with Crippen molar-refractivity contribution >= 4 is 5.97 Å². The van der Waals surface area contributed by atoms with Crippen molar-refractivity contribution in [1.82, 2.24) is 9.55 Å². The predicted octanol–water partition coefficient (Wildman–Crippen LogP) is 2.33. The van der Waals surface area contributed by atoms with Crippen molar-refractivity contribution in [3.8, 4) is 0 Å². The van der Waals surface area contributed by atoms with E-state index in [0.29, 0.717) is 12.1 Å². The van der Waals surface area contributed by atoms with Gasteiger partial charge in [-0.2, -0.15) is 0 Å². The molecule has 18 heavy (non-hydrogen) atoms. The van der Waals surface area contributed by atoms with Crippen LogP contribution in [-0.4, -0.2) is 20.6 Å². The number of carbonyl (C=O) groups is 1. The first kappa shape index (κ1) is 12.3. The lowest BCUT2D eigenvalue weighted by molar-refractivity contribution is 0.0696. The number of halogens is 1. The van der Waals surface area contributed by atoms with Gasteiger partial charge in [0, 0.05) is 24.4 Å². The molecule has 0 aliphatic rings. The lowest BCUT2D eigenvalue weighted by Gasteiger charge is -2.08. The maximum absolute atomic E-state index is 13.7. The number of benzene rings is 1. The molecular formula is C13H13FN2O2. The van der Waals surface area contributed by atoms with Gasteiger partial charge in [-0.3, -0.25) is 0 Å². The third kappa shape index (κ3) is 2.40. The molecule has 2 aromatic rings. The highest BCUT2D eigenvalue weighted by atomic mass is 19.1. The van der Waals surface area contributed by atoms with Gasteiger partial charge in [0.15, 0.2) is 0 Å². The molecule has 0 amide bonds. The first-order valence-electron chi connectivity index (χ1n) is 5.63. The molecule has 2 rings (SSSR count). The Morgan fingerprint density at radius 1 is 1.50 bits per heavy atom. The summed E-state index contributed by atoms with van der Waals surface area (Å²) < 4.78 is 15.6. The summed E-state index contributed by atoms with van der Waals surface area (Å²) in [5.41, 5.74) is 0.408. The van der Waals surface area contributed by atoms with Gasteiger partial charge in [0.25, 0.3) is 0 Å². The maximum atomic E-state index is 13.7. The van der Waals surface area contributed by atoms with Crippen LogP contribution in [0, 0.1) is 5.82 Å². The average molecular weight is 248 g/mol. The number of aromatic carboxylic acids is 1. The number of hydrogen-bond donors (Lipinski definition) is 1. The van der Waals surface area contributed by atoms with Gasteiger partial charge >= 0.3 is 5.97 Å². The molecule has 1 aromatic heterocycles. The Morgan fingerprint density at radius 3 is 2.89 bits per heavy atom. The maximum Gasteiger partial charge on any atom is 0.335 e. The molecule has 5 heteroatoms. The molecule has 0 saturated heterocycles. The standard InChI is InChI=1S/C13H13FN2O2/c1-2-12-15-5-6-16(12)8-10-4-3-9(13(17)18)7-11(10)14/h3-7H,2,8H2,1H3,(H,17,18). The number of carboxylic acids is 1. The predicted molar refractivity (Wildman–Crippen MR) is 64.1 cm³/mol. The topological polar surface area (TPSA) is 55.1 Å². The Labute approximate surface area is 104 Å². The number of nitrogens with zero attached hydrogens (tertiary/aromatic N) is 2. The first-order chi connectivity index (χ1) is 8.61. The lowest BCUT2D eigenvalue weighted by atomic mass is 10.1. The summed E-state index contributed by atoms with van der Waals surface area (Å²) in [6.45, 7) is 2.33. The van der Waals surface area contributed by atoms with Gasteiger partial charge in [-0.15, -0.1) is 0 Å². The van der Waals surface area contributed by atoms with Crippen LogP contribution < -0.4 is 0 Å². The highest BCUT2D eigenvalue weighted by Crippen LogP contribution is 2.13. The monoisotopic (exact) mass is 248 g/mol. The van der Waals surface area contributed by atoms with Gasteiger partial charge in [0.1, 0.15) is 11.6 Å². The zero-order valence-electron chi connectivity index (χ0n) is 9.93. The highest BCUT2D eigenvalue weighted by Gasteiger charge is 2.09. The van der Waals surface area contributed by atoms with E-state index in [1.165, 1.54) is 12.1 Å². The van der Waals surface area contributed by atoms with Gasteiger partial charge in [-0.05, 0) is 12.1 Å². The van der Waals surface area contributed by atoms with Crippen molar-refractivity contribution in [1.29, 1.82) is 0 Å². The molecule has 0 aliphatic heterocycles. The smallest absolute Gasteiger partial charge is 0.335 e. The van der Waals surface area contributed by atoms with Crippen LogP contribution in [0.15, 0.2) is 30.6 Å².